The standard InChI is InChI=1S/C13H15NO4/c1-4-18-12(15)13(9-14,17-3)10-5-7-11(16-2)8-6-10/h5-8H,4H2,1-3H3. The number of esters is 1. The number of methoxy groups -OCH3 is 2. The molecule has 5 nitrogen and oxygen atoms in total. The van der Waals surface area contributed by atoms with Gasteiger partial charge in [-0.1, -0.05) is 12.1 Å². The molecule has 0 heterocycles. The van der Waals surface area contributed by atoms with E-state index in [1.165, 1.54) is 14.2 Å². The maximum atomic E-state index is 11.9. The zero-order valence-electron chi connectivity index (χ0n) is 10.6. The molecule has 96 valence electrons. The first-order valence-electron chi connectivity index (χ1n) is 5.42. The Bertz CT molecular complexity index is 449. The molecule has 1 unspecified atom stereocenters. The van der Waals surface area contributed by atoms with Gasteiger partial charge in [-0.3, -0.25) is 0 Å². The van der Waals surface area contributed by atoms with Gasteiger partial charge in [0.1, 0.15) is 11.8 Å². The Kier molecular flexibility index (Phi) is 4.69. The molecule has 0 aromatic heterocycles. The van der Waals surface area contributed by atoms with Crippen molar-refractivity contribution in [2.24, 2.45) is 0 Å². The van der Waals surface area contributed by atoms with Crippen molar-refractivity contribution < 1.29 is 19.0 Å². The third kappa shape index (κ3) is 2.44. The van der Waals surface area contributed by atoms with Crippen molar-refractivity contribution in [1.29, 1.82) is 5.26 Å². The molecule has 0 bridgehead atoms. The third-order valence-electron chi connectivity index (χ3n) is 2.52. The van der Waals surface area contributed by atoms with Crippen molar-refractivity contribution in [1.82, 2.24) is 0 Å². The highest BCUT2D eigenvalue weighted by Crippen LogP contribution is 2.27. The van der Waals surface area contributed by atoms with Gasteiger partial charge in [0.05, 0.1) is 13.7 Å². The first-order valence-corrected chi connectivity index (χ1v) is 5.42. The van der Waals surface area contributed by atoms with E-state index >= 15 is 0 Å². The average molecular weight is 249 g/mol. The molecule has 0 aliphatic rings. The summed E-state index contributed by atoms with van der Waals surface area (Å²) in [6, 6.07) is 8.37. The molecule has 1 aromatic rings. The third-order valence-corrected chi connectivity index (χ3v) is 2.52. The Balaban J connectivity index is 3.18. The first kappa shape index (κ1) is 14.0. The van der Waals surface area contributed by atoms with E-state index < -0.39 is 11.6 Å². The van der Waals surface area contributed by atoms with E-state index in [1.807, 2.05) is 6.07 Å². The lowest BCUT2D eigenvalue weighted by Crippen LogP contribution is -2.38. The largest absolute Gasteiger partial charge is 0.497 e. The van der Waals surface area contributed by atoms with Crippen LogP contribution in [-0.2, 0) is 19.9 Å². The lowest BCUT2D eigenvalue weighted by atomic mass is 9.95. The second kappa shape index (κ2) is 6.03. The van der Waals surface area contributed by atoms with Gasteiger partial charge in [-0.05, 0) is 19.1 Å². The predicted molar refractivity (Wildman–Crippen MR) is 63.9 cm³/mol. The van der Waals surface area contributed by atoms with Gasteiger partial charge in [-0.15, -0.1) is 0 Å². The van der Waals surface area contributed by atoms with Gasteiger partial charge in [0.15, 0.2) is 0 Å². The lowest BCUT2D eigenvalue weighted by Gasteiger charge is -2.23. The van der Waals surface area contributed by atoms with Crippen LogP contribution in [0.15, 0.2) is 24.3 Å². The lowest BCUT2D eigenvalue weighted by molar-refractivity contribution is -0.163. The predicted octanol–water partition coefficient (Wildman–Crippen LogP) is 1.62. The number of hydrogen-bond acceptors (Lipinski definition) is 5. The zero-order valence-corrected chi connectivity index (χ0v) is 10.6. The van der Waals surface area contributed by atoms with Crippen LogP contribution in [0.3, 0.4) is 0 Å². The highest BCUT2D eigenvalue weighted by Gasteiger charge is 2.42. The van der Waals surface area contributed by atoms with Crippen LogP contribution in [0.25, 0.3) is 0 Å². The fourth-order valence-electron chi connectivity index (χ4n) is 1.53. The van der Waals surface area contributed by atoms with E-state index in [9.17, 15) is 10.1 Å². The van der Waals surface area contributed by atoms with E-state index in [-0.39, 0.29) is 6.61 Å². The number of hydrogen-bond donors (Lipinski definition) is 0. The molecule has 0 fully saturated rings. The average Bonchev–Trinajstić information content (AvgIpc) is 2.42. The number of carbonyl (C=O) groups is 1. The number of nitriles is 1. The Morgan fingerprint density at radius 3 is 2.33 bits per heavy atom. The number of carbonyl (C=O) groups excluding carboxylic acids is 1. The summed E-state index contributed by atoms with van der Waals surface area (Å²) in [7, 11) is 2.83. The van der Waals surface area contributed by atoms with Crippen LogP contribution in [0.2, 0.25) is 0 Å². The summed E-state index contributed by atoms with van der Waals surface area (Å²) in [6.07, 6.45) is 0. The first-order chi connectivity index (χ1) is 8.64. The highest BCUT2D eigenvalue weighted by atomic mass is 16.6. The second-order valence-electron chi connectivity index (χ2n) is 3.45. The molecular formula is C13H15NO4. The molecule has 1 rings (SSSR count). The Labute approximate surface area is 106 Å². The summed E-state index contributed by atoms with van der Waals surface area (Å²) in [5.74, 6) is -0.0919. The van der Waals surface area contributed by atoms with Crippen molar-refractivity contribution in [2.45, 2.75) is 12.5 Å². The maximum absolute atomic E-state index is 11.9. The number of nitrogens with zero attached hydrogens (tertiary/aromatic N) is 1. The van der Waals surface area contributed by atoms with Crippen molar-refractivity contribution in [3.05, 3.63) is 29.8 Å². The van der Waals surface area contributed by atoms with Crippen LogP contribution in [-0.4, -0.2) is 26.8 Å². The van der Waals surface area contributed by atoms with Crippen LogP contribution in [0.1, 0.15) is 12.5 Å². The number of ether oxygens (including phenoxy) is 3. The number of rotatable bonds is 5. The summed E-state index contributed by atoms with van der Waals surface area (Å²) in [4.78, 5) is 11.9. The van der Waals surface area contributed by atoms with Gasteiger partial charge in [-0.2, -0.15) is 5.26 Å². The molecule has 0 saturated heterocycles. The van der Waals surface area contributed by atoms with E-state index in [0.717, 1.165) is 0 Å². The molecule has 0 spiro atoms. The summed E-state index contributed by atoms with van der Waals surface area (Å²) < 4.78 is 15.0. The number of benzene rings is 1. The van der Waals surface area contributed by atoms with E-state index in [0.29, 0.717) is 11.3 Å². The van der Waals surface area contributed by atoms with Crippen molar-refractivity contribution in [3.8, 4) is 11.8 Å². The molecular weight excluding hydrogens is 234 g/mol. The Hall–Kier alpha value is -2.06. The van der Waals surface area contributed by atoms with Gasteiger partial charge in [0, 0.05) is 12.7 Å². The van der Waals surface area contributed by atoms with Crippen LogP contribution in [0.5, 0.6) is 5.75 Å². The Morgan fingerprint density at radius 1 is 1.33 bits per heavy atom. The van der Waals surface area contributed by atoms with Gasteiger partial charge in [-0.25, -0.2) is 4.79 Å². The monoisotopic (exact) mass is 249 g/mol. The summed E-state index contributed by atoms with van der Waals surface area (Å²) in [5, 5.41) is 9.25. The summed E-state index contributed by atoms with van der Waals surface area (Å²) in [5.41, 5.74) is -1.32. The SMILES string of the molecule is CCOC(=O)C(C#N)(OC)c1ccc(OC)cc1. The molecule has 1 aromatic carbocycles. The van der Waals surface area contributed by atoms with E-state index in [1.54, 1.807) is 31.2 Å². The normalized spacial score (nSPS) is 13.2. The van der Waals surface area contributed by atoms with E-state index in [2.05, 4.69) is 0 Å². The minimum atomic E-state index is -1.73. The van der Waals surface area contributed by atoms with Crippen LogP contribution >= 0.6 is 0 Å². The van der Waals surface area contributed by atoms with Gasteiger partial charge in [0.2, 0.25) is 0 Å². The van der Waals surface area contributed by atoms with Gasteiger partial charge in [0.25, 0.3) is 5.60 Å². The van der Waals surface area contributed by atoms with Crippen LogP contribution in [0.4, 0.5) is 0 Å². The molecule has 18 heavy (non-hydrogen) atoms. The van der Waals surface area contributed by atoms with Gasteiger partial charge >= 0.3 is 5.97 Å². The summed E-state index contributed by atoms with van der Waals surface area (Å²) >= 11 is 0. The van der Waals surface area contributed by atoms with Gasteiger partial charge < -0.3 is 14.2 Å². The minimum absolute atomic E-state index is 0.182. The summed E-state index contributed by atoms with van der Waals surface area (Å²) in [6.45, 7) is 1.85. The quantitative estimate of drug-likeness (QED) is 0.742. The topological polar surface area (TPSA) is 68.6 Å². The fraction of sp³-hybridized carbons (Fsp3) is 0.385. The molecule has 0 N–H and O–H groups in total. The molecule has 0 amide bonds. The second-order valence-corrected chi connectivity index (χ2v) is 3.45. The van der Waals surface area contributed by atoms with Crippen molar-refractivity contribution >= 4 is 5.97 Å². The van der Waals surface area contributed by atoms with E-state index in [4.69, 9.17) is 14.2 Å². The molecule has 0 radical (unpaired) electrons. The molecule has 0 saturated carbocycles. The fourth-order valence-corrected chi connectivity index (χ4v) is 1.53. The van der Waals surface area contributed by atoms with Crippen molar-refractivity contribution in [3.63, 3.8) is 0 Å². The Morgan fingerprint density at radius 2 is 1.94 bits per heavy atom. The maximum Gasteiger partial charge on any atom is 0.358 e. The molecule has 0 aliphatic carbocycles. The smallest absolute Gasteiger partial charge is 0.358 e. The van der Waals surface area contributed by atoms with Crippen LogP contribution < -0.4 is 4.74 Å². The molecule has 1 atom stereocenters. The zero-order chi connectivity index (χ0) is 13.6. The highest BCUT2D eigenvalue weighted by molar-refractivity contribution is 5.85. The molecule has 5 heteroatoms. The van der Waals surface area contributed by atoms with Crippen molar-refractivity contribution in [2.75, 3.05) is 20.8 Å². The van der Waals surface area contributed by atoms with Crippen LogP contribution in [0, 0.1) is 11.3 Å². The minimum Gasteiger partial charge on any atom is -0.497 e. The molecule has 0 aliphatic heterocycles.